The van der Waals surface area contributed by atoms with Crippen molar-refractivity contribution in [3.05, 3.63) is 0 Å². The Balaban J connectivity index is 2.74. The highest BCUT2D eigenvalue weighted by atomic mass is 16.2. The molecule has 0 atom stereocenters. The summed E-state index contributed by atoms with van der Waals surface area (Å²) in [5, 5.41) is 0. The molecule has 1 aliphatic carbocycles. The van der Waals surface area contributed by atoms with Crippen molar-refractivity contribution in [1.29, 1.82) is 0 Å². The van der Waals surface area contributed by atoms with Gasteiger partial charge in [0.1, 0.15) is 0 Å². The molecule has 0 bridgehead atoms. The van der Waals surface area contributed by atoms with Crippen molar-refractivity contribution >= 4 is 5.91 Å². The highest BCUT2D eigenvalue weighted by Gasteiger charge is 2.45. The third-order valence-electron chi connectivity index (χ3n) is 3.47. The van der Waals surface area contributed by atoms with Gasteiger partial charge in [0.25, 0.3) is 0 Å². The lowest BCUT2D eigenvalue weighted by Crippen LogP contribution is -2.55. The second-order valence-electron chi connectivity index (χ2n) is 5.37. The number of hydrogen-bond donors (Lipinski definition) is 1. The van der Waals surface area contributed by atoms with Crippen LogP contribution in [0.4, 0.5) is 0 Å². The van der Waals surface area contributed by atoms with Gasteiger partial charge in [-0.05, 0) is 33.6 Å². The first kappa shape index (κ1) is 11.5. The van der Waals surface area contributed by atoms with E-state index in [0.717, 1.165) is 19.3 Å². The summed E-state index contributed by atoms with van der Waals surface area (Å²) in [6.07, 6.45) is 3.06. The van der Waals surface area contributed by atoms with Crippen LogP contribution < -0.4 is 5.73 Å². The summed E-state index contributed by atoms with van der Waals surface area (Å²) in [6, 6.07) is 0. The van der Waals surface area contributed by atoms with Crippen molar-refractivity contribution in [3.8, 4) is 0 Å². The molecule has 2 N–H and O–H groups in total. The standard InChI is InChI=1S/C11H22N2O/c1-10(2,3)13(4)9(14)11(8-12)6-5-7-11/h5-8,12H2,1-4H3. The highest BCUT2D eigenvalue weighted by Crippen LogP contribution is 2.42. The van der Waals surface area contributed by atoms with E-state index < -0.39 is 0 Å². The molecule has 1 fully saturated rings. The average molecular weight is 198 g/mol. The van der Waals surface area contributed by atoms with Crippen LogP contribution in [0.5, 0.6) is 0 Å². The zero-order valence-electron chi connectivity index (χ0n) is 9.76. The maximum Gasteiger partial charge on any atom is 0.230 e. The fourth-order valence-electron chi connectivity index (χ4n) is 1.77. The van der Waals surface area contributed by atoms with E-state index in [9.17, 15) is 4.79 Å². The van der Waals surface area contributed by atoms with Crippen LogP contribution in [0.15, 0.2) is 0 Å². The normalized spacial score (nSPS) is 20.1. The minimum atomic E-state index is -0.234. The molecule has 0 saturated heterocycles. The minimum Gasteiger partial charge on any atom is -0.340 e. The number of nitrogens with two attached hydrogens (primary N) is 1. The highest BCUT2D eigenvalue weighted by molar-refractivity contribution is 5.84. The maximum atomic E-state index is 12.2. The lowest BCUT2D eigenvalue weighted by Gasteiger charge is -2.45. The van der Waals surface area contributed by atoms with Gasteiger partial charge in [-0.25, -0.2) is 0 Å². The molecule has 0 heterocycles. The van der Waals surface area contributed by atoms with Crippen molar-refractivity contribution < 1.29 is 4.79 Å². The van der Waals surface area contributed by atoms with Crippen LogP contribution in [0.2, 0.25) is 0 Å². The molecule has 0 aromatic carbocycles. The first-order chi connectivity index (χ1) is 6.33. The van der Waals surface area contributed by atoms with Crippen molar-refractivity contribution in [2.75, 3.05) is 13.6 Å². The summed E-state index contributed by atoms with van der Waals surface area (Å²) >= 11 is 0. The largest absolute Gasteiger partial charge is 0.340 e. The second-order valence-corrected chi connectivity index (χ2v) is 5.37. The molecule has 82 valence electrons. The van der Waals surface area contributed by atoms with Gasteiger partial charge in [-0.2, -0.15) is 0 Å². The van der Waals surface area contributed by atoms with E-state index in [2.05, 4.69) is 0 Å². The smallest absolute Gasteiger partial charge is 0.230 e. The summed E-state index contributed by atoms with van der Waals surface area (Å²) in [6.45, 7) is 6.64. The Morgan fingerprint density at radius 2 is 1.93 bits per heavy atom. The predicted molar refractivity (Wildman–Crippen MR) is 57.9 cm³/mol. The summed E-state index contributed by atoms with van der Waals surface area (Å²) in [7, 11) is 1.87. The zero-order chi connectivity index (χ0) is 11.0. The van der Waals surface area contributed by atoms with E-state index in [0.29, 0.717) is 6.54 Å². The number of carbonyl (C=O) groups is 1. The van der Waals surface area contributed by atoms with Gasteiger partial charge in [0.05, 0.1) is 5.41 Å². The number of rotatable bonds is 2. The SMILES string of the molecule is CN(C(=O)C1(CN)CCC1)C(C)(C)C. The van der Waals surface area contributed by atoms with Crippen LogP contribution >= 0.6 is 0 Å². The van der Waals surface area contributed by atoms with Gasteiger partial charge in [-0.15, -0.1) is 0 Å². The van der Waals surface area contributed by atoms with Crippen molar-refractivity contribution in [3.63, 3.8) is 0 Å². The molecule has 1 rings (SSSR count). The van der Waals surface area contributed by atoms with Crippen LogP contribution in [-0.4, -0.2) is 29.9 Å². The molecule has 3 heteroatoms. The van der Waals surface area contributed by atoms with Crippen LogP contribution in [0.3, 0.4) is 0 Å². The predicted octanol–water partition coefficient (Wildman–Crippen LogP) is 1.37. The fraction of sp³-hybridized carbons (Fsp3) is 0.909. The summed E-state index contributed by atoms with van der Waals surface area (Å²) < 4.78 is 0. The topological polar surface area (TPSA) is 46.3 Å². The molecule has 1 amide bonds. The summed E-state index contributed by atoms with van der Waals surface area (Å²) in [5.41, 5.74) is 5.37. The van der Waals surface area contributed by atoms with E-state index in [1.165, 1.54) is 0 Å². The lowest BCUT2D eigenvalue weighted by molar-refractivity contribution is -0.149. The van der Waals surface area contributed by atoms with E-state index in [1.54, 1.807) is 0 Å². The van der Waals surface area contributed by atoms with Crippen LogP contribution in [0.1, 0.15) is 40.0 Å². The van der Waals surface area contributed by atoms with E-state index in [4.69, 9.17) is 5.73 Å². The third kappa shape index (κ3) is 1.78. The van der Waals surface area contributed by atoms with Gasteiger partial charge in [0, 0.05) is 19.1 Å². The van der Waals surface area contributed by atoms with Gasteiger partial charge in [0.2, 0.25) is 5.91 Å². The molecule has 0 radical (unpaired) electrons. The lowest BCUT2D eigenvalue weighted by atomic mass is 9.67. The average Bonchev–Trinajstić information content (AvgIpc) is 2.00. The van der Waals surface area contributed by atoms with Gasteiger partial charge in [0.15, 0.2) is 0 Å². The Morgan fingerprint density at radius 3 is 2.14 bits per heavy atom. The maximum absolute atomic E-state index is 12.2. The Morgan fingerprint density at radius 1 is 1.43 bits per heavy atom. The van der Waals surface area contributed by atoms with E-state index in [-0.39, 0.29) is 16.9 Å². The Labute approximate surface area is 86.6 Å². The monoisotopic (exact) mass is 198 g/mol. The minimum absolute atomic E-state index is 0.102. The molecule has 3 nitrogen and oxygen atoms in total. The zero-order valence-corrected chi connectivity index (χ0v) is 9.76. The molecule has 0 spiro atoms. The first-order valence-electron chi connectivity index (χ1n) is 5.32. The van der Waals surface area contributed by atoms with E-state index >= 15 is 0 Å². The van der Waals surface area contributed by atoms with Crippen LogP contribution in [-0.2, 0) is 4.79 Å². The second kappa shape index (κ2) is 3.54. The van der Waals surface area contributed by atoms with Gasteiger partial charge >= 0.3 is 0 Å². The third-order valence-corrected chi connectivity index (χ3v) is 3.47. The molecule has 0 aliphatic heterocycles. The molecule has 1 saturated carbocycles. The fourth-order valence-corrected chi connectivity index (χ4v) is 1.77. The Bertz CT molecular complexity index is 220. The summed E-state index contributed by atoms with van der Waals surface area (Å²) in [4.78, 5) is 14.0. The molecule has 0 unspecified atom stereocenters. The van der Waals surface area contributed by atoms with Gasteiger partial charge < -0.3 is 10.6 Å². The Hall–Kier alpha value is -0.570. The van der Waals surface area contributed by atoms with Crippen molar-refractivity contribution in [2.24, 2.45) is 11.1 Å². The Kier molecular flexibility index (Phi) is 2.91. The number of nitrogens with zero attached hydrogens (tertiary/aromatic N) is 1. The molecule has 1 aliphatic rings. The molecular weight excluding hydrogens is 176 g/mol. The number of carbonyl (C=O) groups excluding carboxylic acids is 1. The first-order valence-corrected chi connectivity index (χ1v) is 5.32. The van der Waals surface area contributed by atoms with Gasteiger partial charge in [-0.1, -0.05) is 6.42 Å². The molecule has 0 aromatic heterocycles. The van der Waals surface area contributed by atoms with E-state index in [1.807, 2.05) is 32.7 Å². The van der Waals surface area contributed by atoms with Crippen molar-refractivity contribution in [2.45, 2.75) is 45.6 Å². The van der Waals surface area contributed by atoms with Gasteiger partial charge in [-0.3, -0.25) is 4.79 Å². The molecular formula is C11H22N2O. The molecule has 0 aromatic rings. The van der Waals surface area contributed by atoms with Crippen molar-refractivity contribution in [1.82, 2.24) is 4.90 Å². The van der Waals surface area contributed by atoms with Crippen LogP contribution in [0.25, 0.3) is 0 Å². The number of hydrogen-bond acceptors (Lipinski definition) is 2. The van der Waals surface area contributed by atoms with Crippen LogP contribution in [0, 0.1) is 5.41 Å². The number of amides is 1. The summed E-state index contributed by atoms with van der Waals surface area (Å²) in [5.74, 6) is 0.221. The quantitative estimate of drug-likeness (QED) is 0.728. The molecule has 14 heavy (non-hydrogen) atoms.